The van der Waals surface area contributed by atoms with Gasteiger partial charge in [-0.2, -0.15) is 0 Å². The van der Waals surface area contributed by atoms with Gasteiger partial charge in [0, 0.05) is 13.1 Å². The highest BCUT2D eigenvalue weighted by atomic mass is 16.5. The summed E-state index contributed by atoms with van der Waals surface area (Å²) < 4.78 is 6.68. The lowest BCUT2D eigenvalue weighted by atomic mass is 9.66. The molecular weight excluding hydrogens is 494 g/mol. The number of likely N-dealkylation sites (tertiary alicyclic amines) is 1. The minimum absolute atomic E-state index is 0.245. The van der Waals surface area contributed by atoms with E-state index in [9.17, 15) is 19.5 Å². The molecular formula is C31H39N3O5. The third-order valence-corrected chi connectivity index (χ3v) is 8.83. The molecule has 0 aromatic heterocycles. The van der Waals surface area contributed by atoms with E-state index in [-0.39, 0.29) is 24.3 Å². The largest absolute Gasteiger partial charge is 0.394 e. The van der Waals surface area contributed by atoms with Crippen LogP contribution in [0.2, 0.25) is 0 Å². The van der Waals surface area contributed by atoms with Crippen molar-refractivity contribution in [2.75, 3.05) is 13.2 Å². The average Bonchev–Trinajstić information content (AvgIpc) is 3.52. The molecule has 3 aliphatic heterocycles. The molecule has 3 N–H and O–H groups in total. The lowest BCUT2D eigenvalue weighted by Gasteiger charge is -2.37. The number of nitrogens with zero attached hydrogens (tertiary/aromatic N) is 1. The molecule has 3 aliphatic rings. The number of aliphatic hydroxyl groups excluding tert-OH is 1. The number of rotatable bonds is 11. The molecule has 3 amide bonds. The van der Waals surface area contributed by atoms with E-state index < -0.39 is 35.1 Å². The van der Waals surface area contributed by atoms with Crippen LogP contribution in [0.25, 0.3) is 0 Å². The molecule has 6 atom stereocenters. The Balaban J connectivity index is 1.49. The quantitative estimate of drug-likeness (QED) is 0.385. The molecule has 3 saturated heterocycles. The highest BCUT2D eigenvalue weighted by Gasteiger charge is 2.78. The topological polar surface area (TPSA) is 108 Å². The van der Waals surface area contributed by atoms with Crippen LogP contribution in [0.15, 0.2) is 60.7 Å². The number of unbranched alkanes of at least 4 members (excludes halogenated alkanes) is 2. The lowest BCUT2D eigenvalue weighted by Crippen LogP contribution is -2.56. The highest BCUT2D eigenvalue weighted by Crippen LogP contribution is 2.64. The van der Waals surface area contributed by atoms with Crippen molar-refractivity contribution >= 4 is 17.7 Å². The molecule has 3 fully saturated rings. The number of amides is 3. The van der Waals surface area contributed by atoms with Crippen molar-refractivity contribution in [1.29, 1.82) is 0 Å². The van der Waals surface area contributed by atoms with Crippen LogP contribution in [0.5, 0.6) is 0 Å². The SMILES string of the molecule is CCCCCNC(=O)C1N([C@H](CO)c2ccccc2)C(=O)[C@@H]2[C@H](C(=O)NCc3ccccc3)[C@]3(C)CCC12O3. The Morgan fingerprint density at radius 2 is 1.72 bits per heavy atom. The normalized spacial score (nSPS) is 29.8. The van der Waals surface area contributed by atoms with Crippen molar-refractivity contribution in [3.63, 3.8) is 0 Å². The molecule has 0 aliphatic carbocycles. The summed E-state index contributed by atoms with van der Waals surface area (Å²) >= 11 is 0. The first-order valence-corrected chi connectivity index (χ1v) is 14.1. The van der Waals surface area contributed by atoms with E-state index in [4.69, 9.17) is 4.74 Å². The molecule has 8 heteroatoms. The summed E-state index contributed by atoms with van der Waals surface area (Å²) in [5, 5.41) is 16.6. The molecule has 2 aromatic carbocycles. The first kappa shape index (κ1) is 27.3. The summed E-state index contributed by atoms with van der Waals surface area (Å²) in [5.41, 5.74) is -0.283. The van der Waals surface area contributed by atoms with Gasteiger partial charge in [0.15, 0.2) is 0 Å². The Bertz CT molecular complexity index is 1190. The molecule has 2 unspecified atom stereocenters. The van der Waals surface area contributed by atoms with E-state index in [1.807, 2.05) is 67.6 Å². The number of nitrogens with one attached hydrogen (secondary N) is 2. The van der Waals surface area contributed by atoms with E-state index in [1.54, 1.807) is 0 Å². The van der Waals surface area contributed by atoms with Crippen LogP contribution in [0, 0.1) is 11.8 Å². The fourth-order valence-corrected chi connectivity index (χ4v) is 7.01. The van der Waals surface area contributed by atoms with Crippen molar-refractivity contribution in [3.05, 3.63) is 71.8 Å². The van der Waals surface area contributed by atoms with E-state index in [0.717, 1.165) is 30.4 Å². The predicted octanol–water partition coefficient (Wildman–Crippen LogP) is 3.11. The van der Waals surface area contributed by atoms with Gasteiger partial charge in [-0.05, 0) is 37.3 Å². The van der Waals surface area contributed by atoms with E-state index in [1.165, 1.54) is 4.90 Å². The maximum Gasteiger partial charge on any atom is 0.245 e. The Labute approximate surface area is 230 Å². The summed E-state index contributed by atoms with van der Waals surface area (Å²) in [4.78, 5) is 43.4. The first-order chi connectivity index (χ1) is 18.9. The third kappa shape index (κ3) is 4.74. The minimum atomic E-state index is -1.13. The zero-order valence-electron chi connectivity index (χ0n) is 22.8. The number of benzene rings is 2. The summed E-state index contributed by atoms with van der Waals surface area (Å²) in [6.07, 6.45) is 3.92. The molecule has 0 radical (unpaired) electrons. The van der Waals surface area contributed by atoms with Crippen molar-refractivity contribution in [1.82, 2.24) is 15.5 Å². The lowest BCUT2D eigenvalue weighted by molar-refractivity contribution is -0.149. The maximum atomic E-state index is 14.3. The van der Waals surface area contributed by atoms with Crippen LogP contribution < -0.4 is 10.6 Å². The molecule has 1 spiro atoms. The molecule has 3 heterocycles. The van der Waals surface area contributed by atoms with Crippen molar-refractivity contribution in [2.45, 2.75) is 75.8 Å². The second-order valence-electron chi connectivity index (χ2n) is 11.3. The number of carbonyl (C=O) groups excluding carboxylic acids is 3. The summed E-state index contributed by atoms with van der Waals surface area (Å²) in [6, 6.07) is 17.2. The predicted molar refractivity (Wildman–Crippen MR) is 146 cm³/mol. The summed E-state index contributed by atoms with van der Waals surface area (Å²) in [5.74, 6) is -2.39. The van der Waals surface area contributed by atoms with Crippen LogP contribution in [0.4, 0.5) is 0 Å². The molecule has 0 saturated carbocycles. The van der Waals surface area contributed by atoms with Crippen LogP contribution in [-0.2, 0) is 25.7 Å². The van der Waals surface area contributed by atoms with Gasteiger partial charge in [-0.15, -0.1) is 0 Å². The van der Waals surface area contributed by atoms with Crippen molar-refractivity contribution in [2.24, 2.45) is 11.8 Å². The molecule has 208 valence electrons. The van der Waals surface area contributed by atoms with Gasteiger partial charge in [0.1, 0.15) is 11.6 Å². The monoisotopic (exact) mass is 533 g/mol. The number of carbonyl (C=O) groups is 3. The average molecular weight is 534 g/mol. The zero-order chi connectivity index (χ0) is 27.6. The molecule has 2 bridgehead atoms. The maximum absolute atomic E-state index is 14.3. The number of hydrogen-bond donors (Lipinski definition) is 3. The van der Waals surface area contributed by atoms with E-state index >= 15 is 0 Å². The van der Waals surface area contributed by atoms with E-state index in [0.29, 0.717) is 25.9 Å². The number of ether oxygens (including phenoxy) is 1. The van der Waals surface area contributed by atoms with Crippen molar-refractivity contribution < 1.29 is 24.2 Å². The Hall–Kier alpha value is -3.23. The fraction of sp³-hybridized carbons (Fsp3) is 0.516. The summed E-state index contributed by atoms with van der Waals surface area (Å²) in [7, 11) is 0. The molecule has 39 heavy (non-hydrogen) atoms. The van der Waals surface area contributed by atoms with Gasteiger partial charge in [0.2, 0.25) is 17.7 Å². The number of fused-ring (bicyclic) bond motifs is 1. The van der Waals surface area contributed by atoms with Gasteiger partial charge in [0.05, 0.1) is 30.1 Å². The van der Waals surface area contributed by atoms with Gasteiger partial charge < -0.3 is 25.4 Å². The zero-order valence-corrected chi connectivity index (χ0v) is 22.8. The standard InChI is InChI=1S/C31H39N3O5/c1-3-4-11-18-32-28(37)26-31-17-16-30(2,39-31)24(27(36)33-19-21-12-7-5-8-13-21)25(31)29(38)34(26)23(20-35)22-14-9-6-10-15-22/h5-10,12-15,23-26,35H,3-4,11,16-20H2,1-2H3,(H,32,37)(H,33,36)/t23-,24-,25+,26?,30+,31?/m1/s1. The van der Waals surface area contributed by atoms with Crippen molar-refractivity contribution in [3.8, 4) is 0 Å². The highest BCUT2D eigenvalue weighted by molar-refractivity contribution is 5.99. The van der Waals surface area contributed by atoms with Crippen LogP contribution >= 0.6 is 0 Å². The van der Waals surface area contributed by atoms with Gasteiger partial charge in [-0.1, -0.05) is 80.4 Å². The molecule has 5 rings (SSSR count). The number of aliphatic hydroxyl groups is 1. The van der Waals surface area contributed by atoms with Gasteiger partial charge in [0.25, 0.3) is 0 Å². The van der Waals surface area contributed by atoms with Gasteiger partial charge >= 0.3 is 0 Å². The van der Waals surface area contributed by atoms with Crippen LogP contribution in [0.3, 0.4) is 0 Å². The first-order valence-electron chi connectivity index (χ1n) is 14.1. The smallest absolute Gasteiger partial charge is 0.245 e. The Morgan fingerprint density at radius 1 is 1.03 bits per heavy atom. The molecule has 2 aromatic rings. The third-order valence-electron chi connectivity index (χ3n) is 8.83. The van der Waals surface area contributed by atoms with Gasteiger partial charge in [-0.3, -0.25) is 14.4 Å². The Morgan fingerprint density at radius 3 is 2.38 bits per heavy atom. The van der Waals surface area contributed by atoms with Crippen LogP contribution in [0.1, 0.15) is 63.1 Å². The van der Waals surface area contributed by atoms with Gasteiger partial charge in [-0.25, -0.2) is 0 Å². The minimum Gasteiger partial charge on any atom is -0.394 e. The second kappa shape index (κ2) is 11.1. The second-order valence-corrected chi connectivity index (χ2v) is 11.3. The van der Waals surface area contributed by atoms with Crippen LogP contribution in [-0.4, -0.2) is 58.1 Å². The Kier molecular flexibility index (Phi) is 7.78. The molecule has 8 nitrogen and oxygen atoms in total. The van der Waals surface area contributed by atoms with E-state index in [2.05, 4.69) is 17.6 Å². The summed E-state index contributed by atoms with van der Waals surface area (Å²) in [6.45, 7) is 4.48. The fourth-order valence-electron chi connectivity index (χ4n) is 7.01. The number of hydrogen-bond acceptors (Lipinski definition) is 5.